The van der Waals surface area contributed by atoms with Gasteiger partial charge in [0.2, 0.25) is 0 Å². The fraction of sp³-hybridized carbons (Fsp3) is 0.647. The third-order valence-corrected chi connectivity index (χ3v) is 5.54. The van der Waals surface area contributed by atoms with Crippen LogP contribution in [0.2, 0.25) is 0 Å². The highest BCUT2D eigenvalue weighted by molar-refractivity contribution is 9.10. The second kappa shape index (κ2) is 6.76. The van der Waals surface area contributed by atoms with E-state index < -0.39 is 0 Å². The van der Waals surface area contributed by atoms with Crippen molar-refractivity contribution in [1.29, 1.82) is 0 Å². The fourth-order valence-electron chi connectivity index (χ4n) is 3.75. The van der Waals surface area contributed by atoms with Crippen LogP contribution < -0.4 is 5.73 Å². The first-order valence-corrected chi connectivity index (χ1v) is 8.51. The molecular weight excluding hydrogens is 331 g/mol. The molecule has 0 spiro atoms. The summed E-state index contributed by atoms with van der Waals surface area (Å²) >= 11 is 3.30. The van der Waals surface area contributed by atoms with E-state index in [4.69, 9.17) is 5.73 Å². The van der Waals surface area contributed by atoms with Gasteiger partial charge >= 0.3 is 0 Å². The first-order valence-electron chi connectivity index (χ1n) is 7.72. The van der Waals surface area contributed by atoms with E-state index in [1.807, 2.05) is 12.1 Å². The normalized spacial score (nSPS) is 27.9. The minimum Gasteiger partial charge on any atom is -0.326 e. The molecule has 3 atom stereocenters. The van der Waals surface area contributed by atoms with Crippen molar-refractivity contribution in [1.82, 2.24) is 4.90 Å². The molecule has 0 heterocycles. The lowest BCUT2D eigenvalue weighted by Gasteiger charge is -2.49. The lowest BCUT2D eigenvalue weighted by atomic mass is 9.70. The van der Waals surface area contributed by atoms with Crippen LogP contribution in [0, 0.1) is 11.7 Å². The summed E-state index contributed by atoms with van der Waals surface area (Å²) in [7, 11) is 4.21. The lowest BCUT2D eigenvalue weighted by molar-refractivity contribution is 0.0501. The molecule has 1 aliphatic rings. The molecule has 2 rings (SSSR count). The fourth-order valence-corrected chi connectivity index (χ4v) is 4.09. The van der Waals surface area contributed by atoms with Gasteiger partial charge in [0, 0.05) is 16.1 Å². The van der Waals surface area contributed by atoms with Gasteiger partial charge in [-0.05, 0) is 57.0 Å². The standard InChI is InChI=1S/C17H26BrFN2/c1-12-5-4-8-17(11-12,21(2)3)16(20)9-13-6-7-14(18)10-15(13)19/h6-7,10,12,16H,4-5,8-9,11,20H2,1-3H3. The number of nitrogens with two attached hydrogens (primary N) is 1. The van der Waals surface area contributed by atoms with E-state index in [0.29, 0.717) is 17.9 Å². The van der Waals surface area contributed by atoms with Crippen molar-refractivity contribution in [2.45, 2.75) is 50.6 Å². The van der Waals surface area contributed by atoms with E-state index in [-0.39, 0.29) is 17.4 Å². The molecular formula is C17H26BrFN2. The van der Waals surface area contributed by atoms with Gasteiger partial charge in [0.25, 0.3) is 0 Å². The number of likely N-dealkylation sites (N-methyl/N-ethyl adjacent to an activating group) is 1. The molecule has 118 valence electrons. The number of halogens is 2. The molecule has 0 amide bonds. The van der Waals surface area contributed by atoms with Crippen LogP contribution in [0.4, 0.5) is 4.39 Å². The van der Waals surface area contributed by atoms with Gasteiger partial charge in [0.1, 0.15) is 5.82 Å². The van der Waals surface area contributed by atoms with Crippen LogP contribution in [0.1, 0.15) is 38.2 Å². The molecule has 0 aromatic heterocycles. The van der Waals surface area contributed by atoms with Crippen molar-refractivity contribution < 1.29 is 4.39 Å². The molecule has 21 heavy (non-hydrogen) atoms. The summed E-state index contributed by atoms with van der Waals surface area (Å²) in [6.07, 6.45) is 5.26. The maximum absolute atomic E-state index is 14.1. The van der Waals surface area contributed by atoms with Gasteiger partial charge in [-0.15, -0.1) is 0 Å². The van der Waals surface area contributed by atoms with Gasteiger partial charge in [-0.2, -0.15) is 0 Å². The van der Waals surface area contributed by atoms with E-state index in [2.05, 4.69) is 41.8 Å². The second-order valence-electron chi connectivity index (χ2n) is 6.75. The van der Waals surface area contributed by atoms with Crippen molar-refractivity contribution >= 4 is 15.9 Å². The first kappa shape index (κ1) is 16.9. The van der Waals surface area contributed by atoms with E-state index >= 15 is 0 Å². The zero-order valence-corrected chi connectivity index (χ0v) is 14.8. The van der Waals surface area contributed by atoms with Crippen LogP contribution in [0.5, 0.6) is 0 Å². The Kier molecular flexibility index (Phi) is 5.44. The molecule has 1 saturated carbocycles. The Balaban J connectivity index is 2.21. The van der Waals surface area contributed by atoms with Gasteiger partial charge in [-0.3, -0.25) is 0 Å². The first-order chi connectivity index (χ1) is 9.85. The number of benzene rings is 1. The van der Waals surface area contributed by atoms with Crippen LogP contribution in [-0.4, -0.2) is 30.6 Å². The minimum absolute atomic E-state index is 0.0167. The zero-order chi connectivity index (χ0) is 15.6. The Labute approximate surface area is 136 Å². The van der Waals surface area contributed by atoms with Crippen LogP contribution >= 0.6 is 15.9 Å². The summed E-state index contributed by atoms with van der Waals surface area (Å²) in [5.41, 5.74) is 7.26. The SMILES string of the molecule is CC1CCCC(C(N)Cc2ccc(Br)cc2F)(N(C)C)C1. The van der Waals surface area contributed by atoms with Gasteiger partial charge in [0.15, 0.2) is 0 Å². The molecule has 0 aliphatic heterocycles. The van der Waals surface area contributed by atoms with Crippen LogP contribution in [0.15, 0.2) is 22.7 Å². The summed E-state index contributed by atoms with van der Waals surface area (Å²) in [4.78, 5) is 2.27. The minimum atomic E-state index is -0.169. The second-order valence-corrected chi connectivity index (χ2v) is 7.66. The molecule has 4 heteroatoms. The van der Waals surface area contributed by atoms with Crippen molar-refractivity contribution in [3.8, 4) is 0 Å². The van der Waals surface area contributed by atoms with Gasteiger partial charge < -0.3 is 10.6 Å². The molecule has 3 unspecified atom stereocenters. The molecule has 0 bridgehead atoms. The summed E-state index contributed by atoms with van der Waals surface area (Å²) in [5.74, 6) is 0.513. The van der Waals surface area contributed by atoms with Crippen molar-refractivity contribution in [3.63, 3.8) is 0 Å². The highest BCUT2D eigenvalue weighted by atomic mass is 79.9. The Hall–Kier alpha value is -0.450. The third kappa shape index (κ3) is 3.66. The van der Waals surface area contributed by atoms with Crippen LogP contribution in [0.3, 0.4) is 0 Å². The van der Waals surface area contributed by atoms with Crippen molar-refractivity contribution in [2.75, 3.05) is 14.1 Å². The van der Waals surface area contributed by atoms with Gasteiger partial charge in [-0.25, -0.2) is 4.39 Å². The zero-order valence-electron chi connectivity index (χ0n) is 13.2. The molecule has 2 N–H and O–H groups in total. The third-order valence-electron chi connectivity index (χ3n) is 5.04. The maximum atomic E-state index is 14.1. The van der Waals surface area contributed by atoms with E-state index in [1.165, 1.54) is 18.9 Å². The average Bonchev–Trinajstić information content (AvgIpc) is 2.41. The Morgan fingerprint density at radius 3 is 2.76 bits per heavy atom. The Morgan fingerprint density at radius 2 is 2.19 bits per heavy atom. The predicted octanol–water partition coefficient (Wildman–Crippen LogP) is 3.97. The number of nitrogens with zero attached hydrogens (tertiary/aromatic N) is 1. The highest BCUT2D eigenvalue weighted by Gasteiger charge is 2.42. The Bertz CT molecular complexity index is 492. The molecule has 2 nitrogen and oxygen atoms in total. The number of hydrogen-bond acceptors (Lipinski definition) is 2. The summed E-state index contributed by atoms with van der Waals surface area (Å²) < 4.78 is 14.9. The van der Waals surface area contributed by atoms with Crippen molar-refractivity contribution in [2.24, 2.45) is 11.7 Å². The summed E-state index contributed by atoms with van der Waals surface area (Å²) in [6.45, 7) is 2.30. The van der Waals surface area contributed by atoms with Crippen LogP contribution in [0.25, 0.3) is 0 Å². The van der Waals surface area contributed by atoms with Crippen LogP contribution in [-0.2, 0) is 6.42 Å². The van der Waals surface area contributed by atoms with Gasteiger partial charge in [0.05, 0.1) is 0 Å². The highest BCUT2D eigenvalue weighted by Crippen LogP contribution is 2.38. The molecule has 1 aromatic rings. The molecule has 1 aromatic carbocycles. The molecule has 0 saturated heterocycles. The predicted molar refractivity (Wildman–Crippen MR) is 89.8 cm³/mol. The van der Waals surface area contributed by atoms with E-state index in [0.717, 1.165) is 17.3 Å². The smallest absolute Gasteiger partial charge is 0.127 e. The largest absolute Gasteiger partial charge is 0.326 e. The Morgan fingerprint density at radius 1 is 1.48 bits per heavy atom. The molecule has 0 radical (unpaired) electrons. The topological polar surface area (TPSA) is 29.3 Å². The average molecular weight is 357 g/mol. The van der Waals surface area contributed by atoms with Gasteiger partial charge in [-0.1, -0.05) is 41.8 Å². The molecule has 1 aliphatic carbocycles. The van der Waals surface area contributed by atoms with E-state index in [9.17, 15) is 4.39 Å². The quantitative estimate of drug-likeness (QED) is 0.884. The molecule has 1 fully saturated rings. The summed E-state index contributed by atoms with van der Waals surface area (Å²) in [5, 5.41) is 0. The lowest BCUT2D eigenvalue weighted by Crippen LogP contribution is -2.60. The van der Waals surface area contributed by atoms with E-state index in [1.54, 1.807) is 0 Å². The summed E-state index contributed by atoms with van der Waals surface area (Å²) in [6, 6.07) is 5.20. The monoisotopic (exact) mass is 356 g/mol. The number of hydrogen-bond donors (Lipinski definition) is 1. The number of rotatable bonds is 4. The maximum Gasteiger partial charge on any atom is 0.127 e. The van der Waals surface area contributed by atoms with Crippen molar-refractivity contribution in [3.05, 3.63) is 34.1 Å².